The van der Waals surface area contributed by atoms with Crippen molar-refractivity contribution in [3.8, 4) is 0 Å². The third kappa shape index (κ3) is 7.84. The van der Waals surface area contributed by atoms with Crippen LogP contribution in [0.15, 0.2) is 88.3 Å². The van der Waals surface area contributed by atoms with Crippen molar-refractivity contribution in [3.63, 3.8) is 0 Å². The molecule has 0 bridgehead atoms. The molecule has 9 nitrogen and oxygen atoms in total. The van der Waals surface area contributed by atoms with E-state index in [0.29, 0.717) is 11.1 Å². The van der Waals surface area contributed by atoms with Crippen molar-refractivity contribution in [2.45, 2.75) is 20.8 Å². The van der Waals surface area contributed by atoms with Crippen LogP contribution in [0.4, 0.5) is 0 Å². The number of rotatable bonds is 8. The summed E-state index contributed by atoms with van der Waals surface area (Å²) in [5.41, 5.74) is 3.64. The van der Waals surface area contributed by atoms with Crippen molar-refractivity contribution < 1.29 is 28.9 Å². The number of oxime groups is 3. The van der Waals surface area contributed by atoms with Crippen LogP contribution in [-0.4, -0.2) is 36.0 Å². The first kappa shape index (κ1) is 25.7. The van der Waals surface area contributed by atoms with Crippen molar-refractivity contribution in [2.24, 2.45) is 15.5 Å². The molecule has 0 N–H and O–H groups in total. The summed E-state index contributed by atoms with van der Waals surface area (Å²) in [5.74, 6) is -2.14. The average Bonchev–Trinajstić information content (AvgIpc) is 2.87. The monoisotopic (exact) mass is 485 g/mol. The molecule has 0 spiro atoms. The Labute approximate surface area is 207 Å². The molecule has 0 saturated carbocycles. The van der Waals surface area contributed by atoms with Crippen LogP contribution in [0, 0.1) is 20.8 Å². The number of carbonyl (C=O) groups excluding carboxylic acids is 3. The van der Waals surface area contributed by atoms with Crippen molar-refractivity contribution >= 4 is 36.0 Å². The summed E-state index contributed by atoms with van der Waals surface area (Å²) in [6, 6.07) is 20.1. The normalized spacial score (nSPS) is 10.8. The molecule has 3 aromatic rings. The number of nitrogens with zero attached hydrogens (tertiary/aromatic N) is 3. The van der Waals surface area contributed by atoms with E-state index in [2.05, 4.69) is 15.5 Å². The van der Waals surface area contributed by atoms with Crippen LogP contribution in [0.5, 0.6) is 0 Å². The van der Waals surface area contributed by atoms with E-state index in [4.69, 9.17) is 14.5 Å². The second-order valence-electron chi connectivity index (χ2n) is 7.72. The lowest BCUT2D eigenvalue weighted by Gasteiger charge is -2.01. The molecule has 3 aromatic carbocycles. The largest absolute Gasteiger partial charge is 0.365 e. The Morgan fingerprint density at radius 2 is 0.833 bits per heavy atom. The zero-order valence-electron chi connectivity index (χ0n) is 19.9. The molecule has 0 saturated heterocycles. The Morgan fingerprint density at radius 3 is 1.17 bits per heavy atom. The predicted molar refractivity (Wildman–Crippen MR) is 134 cm³/mol. The van der Waals surface area contributed by atoms with E-state index >= 15 is 0 Å². The van der Waals surface area contributed by atoms with Crippen LogP contribution in [0.25, 0.3) is 0 Å². The molecule has 0 amide bonds. The van der Waals surface area contributed by atoms with E-state index in [0.717, 1.165) is 29.1 Å². The van der Waals surface area contributed by atoms with E-state index in [1.54, 1.807) is 72.8 Å². The van der Waals surface area contributed by atoms with Crippen LogP contribution >= 0.6 is 0 Å². The zero-order valence-corrected chi connectivity index (χ0v) is 19.9. The van der Waals surface area contributed by atoms with Crippen molar-refractivity contribution in [3.05, 3.63) is 106 Å². The van der Waals surface area contributed by atoms with Gasteiger partial charge in [-0.3, -0.25) is 0 Å². The van der Waals surface area contributed by atoms with Gasteiger partial charge in [-0.05, 0) is 57.2 Å². The Morgan fingerprint density at radius 1 is 0.528 bits per heavy atom. The number of hydrogen-bond donors (Lipinski definition) is 0. The smallest absolute Gasteiger partial charge is 0.313 e. The van der Waals surface area contributed by atoms with Crippen LogP contribution in [0.3, 0.4) is 0 Å². The Hall–Kier alpha value is -4.92. The third-order valence-corrected chi connectivity index (χ3v) is 4.74. The minimum Gasteiger partial charge on any atom is -0.313 e. The molecular weight excluding hydrogens is 462 g/mol. The summed E-state index contributed by atoms with van der Waals surface area (Å²) in [6.45, 7) is 5.66. The van der Waals surface area contributed by atoms with Crippen LogP contribution in [0.1, 0.15) is 47.8 Å². The van der Waals surface area contributed by atoms with E-state index in [1.807, 2.05) is 20.8 Å². The molecule has 0 heterocycles. The quantitative estimate of drug-likeness (QED) is 0.257. The molecule has 0 aliphatic carbocycles. The highest BCUT2D eigenvalue weighted by Gasteiger charge is 2.09. The summed E-state index contributed by atoms with van der Waals surface area (Å²) in [7, 11) is 0. The number of aryl methyl sites for hydroxylation is 3. The van der Waals surface area contributed by atoms with Gasteiger partial charge >= 0.3 is 17.9 Å². The van der Waals surface area contributed by atoms with Gasteiger partial charge in [0.25, 0.3) is 0 Å². The molecule has 0 unspecified atom stereocenters. The van der Waals surface area contributed by atoms with Gasteiger partial charge in [0.2, 0.25) is 0 Å². The lowest BCUT2D eigenvalue weighted by Crippen LogP contribution is -2.10. The first-order valence-electron chi connectivity index (χ1n) is 10.8. The molecule has 9 heteroatoms. The minimum atomic E-state index is -0.734. The maximum Gasteiger partial charge on any atom is 0.365 e. The highest BCUT2D eigenvalue weighted by molar-refractivity contribution is 6.55. The van der Waals surface area contributed by atoms with Crippen molar-refractivity contribution in [1.82, 2.24) is 0 Å². The molecule has 0 aliphatic rings. The Balaban J connectivity index is 1.70. The highest BCUT2D eigenvalue weighted by atomic mass is 16.7. The fraction of sp³-hybridized carbons (Fsp3) is 0.111. The first-order chi connectivity index (χ1) is 17.3. The van der Waals surface area contributed by atoms with E-state index in [9.17, 15) is 14.4 Å². The standard InChI is InChI=1S/C27H23N3O6/c1-18-4-10-21(11-5-18)25(31)34-28-16-24(30-36-27(33)23-14-8-20(3)9-15-23)17-29-35-26(32)22-12-6-19(2)7-13-22/h4-17H,1-3H3. The van der Waals surface area contributed by atoms with Crippen LogP contribution < -0.4 is 0 Å². The maximum absolute atomic E-state index is 12.3. The fourth-order valence-corrected chi connectivity index (χ4v) is 2.66. The van der Waals surface area contributed by atoms with Crippen LogP contribution in [0.2, 0.25) is 0 Å². The van der Waals surface area contributed by atoms with E-state index in [-0.39, 0.29) is 11.3 Å². The molecule has 36 heavy (non-hydrogen) atoms. The topological polar surface area (TPSA) is 116 Å². The first-order valence-corrected chi connectivity index (χ1v) is 10.8. The number of benzene rings is 3. The Bertz CT molecular complexity index is 1240. The summed E-state index contributed by atoms with van der Waals surface area (Å²) in [5, 5.41) is 10.8. The van der Waals surface area contributed by atoms with Gasteiger partial charge in [-0.1, -0.05) is 68.6 Å². The summed E-state index contributed by atoms with van der Waals surface area (Å²) >= 11 is 0. The predicted octanol–water partition coefficient (Wildman–Crippen LogP) is 4.81. The summed E-state index contributed by atoms with van der Waals surface area (Å²) in [6.07, 6.45) is 1.97. The summed E-state index contributed by atoms with van der Waals surface area (Å²) < 4.78 is 0. The highest BCUT2D eigenvalue weighted by Crippen LogP contribution is 2.07. The van der Waals surface area contributed by atoms with Gasteiger partial charge in [-0.15, -0.1) is 0 Å². The van der Waals surface area contributed by atoms with E-state index in [1.165, 1.54) is 0 Å². The fourth-order valence-electron chi connectivity index (χ4n) is 2.66. The Kier molecular flexibility index (Phi) is 8.94. The van der Waals surface area contributed by atoms with Gasteiger partial charge in [0.05, 0.1) is 29.1 Å². The maximum atomic E-state index is 12.3. The molecule has 0 fully saturated rings. The van der Waals surface area contributed by atoms with Crippen molar-refractivity contribution in [2.75, 3.05) is 0 Å². The molecule has 3 rings (SSSR count). The second-order valence-corrected chi connectivity index (χ2v) is 7.72. The van der Waals surface area contributed by atoms with Gasteiger partial charge in [0, 0.05) is 0 Å². The molecule has 0 radical (unpaired) electrons. The SMILES string of the molecule is Cc1ccc(C(=O)ON=CC(C=NOC(=O)c2ccc(C)cc2)=NOC(=O)c2ccc(C)cc2)cc1. The van der Waals surface area contributed by atoms with Crippen molar-refractivity contribution in [1.29, 1.82) is 0 Å². The minimum absolute atomic E-state index is 0.163. The lowest BCUT2D eigenvalue weighted by molar-refractivity contribution is 0.0502. The van der Waals surface area contributed by atoms with Gasteiger partial charge in [-0.25, -0.2) is 14.4 Å². The number of carbonyl (C=O) groups is 3. The van der Waals surface area contributed by atoms with Gasteiger partial charge < -0.3 is 14.5 Å². The third-order valence-electron chi connectivity index (χ3n) is 4.74. The summed E-state index contributed by atoms with van der Waals surface area (Å²) in [4.78, 5) is 51.2. The number of hydrogen-bond acceptors (Lipinski definition) is 9. The van der Waals surface area contributed by atoms with Crippen LogP contribution in [-0.2, 0) is 14.5 Å². The molecule has 0 aliphatic heterocycles. The van der Waals surface area contributed by atoms with Gasteiger partial charge in [0.15, 0.2) is 0 Å². The molecular formula is C27H23N3O6. The van der Waals surface area contributed by atoms with Gasteiger partial charge in [0.1, 0.15) is 5.71 Å². The zero-order chi connectivity index (χ0) is 25.9. The lowest BCUT2D eigenvalue weighted by atomic mass is 10.2. The van der Waals surface area contributed by atoms with Gasteiger partial charge in [-0.2, -0.15) is 0 Å². The average molecular weight is 485 g/mol. The second kappa shape index (κ2) is 12.5. The molecule has 182 valence electrons. The molecule has 0 aromatic heterocycles. The van der Waals surface area contributed by atoms with E-state index < -0.39 is 17.9 Å². The molecule has 0 atom stereocenters.